The number of nitrogens with one attached hydrogen (secondary N) is 1. The third-order valence-corrected chi connectivity index (χ3v) is 1.87. The Kier molecular flexibility index (Phi) is 3.86. The molecule has 0 amide bonds. The summed E-state index contributed by atoms with van der Waals surface area (Å²) >= 11 is 0. The Labute approximate surface area is 77.4 Å². The van der Waals surface area contributed by atoms with Gasteiger partial charge in [-0.15, -0.1) is 0 Å². The highest BCUT2D eigenvalue weighted by atomic mass is 19.1. The van der Waals surface area contributed by atoms with E-state index in [9.17, 15) is 4.39 Å². The summed E-state index contributed by atoms with van der Waals surface area (Å²) in [5, 5.41) is 11.7. The summed E-state index contributed by atoms with van der Waals surface area (Å²) in [5.41, 5.74) is 0.628. The van der Waals surface area contributed by atoms with E-state index in [1.165, 1.54) is 6.07 Å². The zero-order valence-corrected chi connectivity index (χ0v) is 7.63. The van der Waals surface area contributed by atoms with Gasteiger partial charge in [0.05, 0.1) is 6.61 Å². The van der Waals surface area contributed by atoms with Crippen LogP contribution >= 0.6 is 0 Å². The molecule has 0 bridgehead atoms. The quantitative estimate of drug-likeness (QED) is 0.737. The van der Waals surface area contributed by atoms with E-state index in [0.29, 0.717) is 12.1 Å². The van der Waals surface area contributed by atoms with Crippen LogP contribution in [0.1, 0.15) is 12.5 Å². The Bertz CT molecular complexity index is 265. The molecule has 0 fully saturated rings. The zero-order valence-electron chi connectivity index (χ0n) is 7.63. The first-order valence-corrected chi connectivity index (χ1v) is 4.31. The van der Waals surface area contributed by atoms with Crippen LogP contribution < -0.4 is 5.32 Å². The maximum Gasteiger partial charge on any atom is 0.127 e. The molecule has 0 aliphatic carbocycles. The molecule has 72 valence electrons. The Hall–Kier alpha value is -0.930. The van der Waals surface area contributed by atoms with E-state index in [-0.39, 0.29) is 18.5 Å². The molecular weight excluding hydrogens is 169 g/mol. The van der Waals surface area contributed by atoms with Crippen molar-refractivity contribution in [3.05, 3.63) is 35.6 Å². The van der Waals surface area contributed by atoms with Gasteiger partial charge in [0.15, 0.2) is 0 Å². The van der Waals surface area contributed by atoms with Gasteiger partial charge in [-0.1, -0.05) is 18.2 Å². The normalized spacial score (nSPS) is 12.8. The first-order chi connectivity index (χ1) is 6.24. The van der Waals surface area contributed by atoms with E-state index in [2.05, 4.69) is 5.32 Å². The standard InChI is InChI=1S/C10H14FNO/c1-8(7-13)12-6-9-4-2-3-5-10(9)11/h2-5,8,12-13H,6-7H2,1H3. The number of rotatable bonds is 4. The van der Waals surface area contributed by atoms with Gasteiger partial charge in [-0.2, -0.15) is 0 Å². The molecule has 0 radical (unpaired) electrons. The van der Waals surface area contributed by atoms with Crippen molar-refractivity contribution in [2.24, 2.45) is 0 Å². The maximum atomic E-state index is 13.0. The molecular formula is C10H14FNO. The molecule has 0 saturated carbocycles. The minimum absolute atomic E-state index is 0.000365. The highest BCUT2D eigenvalue weighted by Crippen LogP contribution is 2.05. The second-order valence-corrected chi connectivity index (χ2v) is 3.06. The molecule has 1 atom stereocenters. The summed E-state index contributed by atoms with van der Waals surface area (Å²) in [6, 6.07) is 6.62. The van der Waals surface area contributed by atoms with E-state index in [1.54, 1.807) is 18.2 Å². The van der Waals surface area contributed by atoms with Crippen molar-refractivity contribution in [2.45, 2.75) is 19.5 Å². The second-order valence-electron chi connectivity index (χ2n) is 3.06. The molecule has 0 aliphatic rings. The van der Waals surface area contributed by atoms with Crippen LogP contribution in [0.15, 0.2) is 24.3 Å². The van der Waals surface area contributed by atoms with E-state index in [4.69, 9.17) is 5.11 Å². The fourth-order valence-electron chi connectivity index (χ4n) is 0.990. The van der Waals surface area contributed by atoms with E-state index in [1.807, 2.05) is 6.92 Å². The van der Waals surface area contributed by atoms with Gasteiger partial charge >= 0.3 is 0 Å². The average molecular weight is 183 g/mol. The molecule has 3 heteroatoms. The predicted octanol–water partition coefficient (Wildman–Crippen LogP) is 1.30. The van der Waals surface area contributed by atoms with Crippen molar-refractivity contribution in [1.82, 2.24) is 5.32 Å². The van der Waals surface area contributed by atoms with Crippen molar-refractivity contribution in [2.75, 3.05) is 6.61 Å². The van der Waals surface area contributed by atoms with Crippen molar-refractivity contribution >= 4 is 0 Å². The fraction of sp³-hybridized carbons (Fsp3) is 0.400. The van der Waals surface area contributed by atoms with Crippen LogP contribution in [0.25, 0.3) is 0 Å². The van der Waals surface area contributed by atoms with Gasteiger partial charge in [0.1, 0.15) is 5.82 Å². The third kappa shape index (κ3) is 3.13. The molecule has 1 unspecified atom stereocenters. The molecule has 1 rings (SSSR count). The summed E-state index contributed by atoms with van der Waals surface area (Å²) < 4.78 is 13.0. The maximum absolute atomic E-state index is 13.0. The number of hydrogen-bond acceptors (Lipinski definition) is 2. The van der Waals surface area contributed by atoms with Crippen LogP contribution in [0.4, 0.5) is 4.39 Å². The van der Waals surface area contributed by atoms with E-state index < -0.39 is 0 Å². The van der Waals surface area contributed by atoms with Crippen LogP contribution in [-0.2, 0) is 6.54 Å². The highest BCUT2D eigenvalue weighted by Gasteiger charge is 2.02. The summed E-state index contributed by atoms with van der Waals surface area (Å²) in [5.74, 6) is -0.208. The number of hydrogen-bond donors (Lipinski definition) is 2. The lowest BCUT2D eigenvalue weighted by Crippen LogP contribution is -2.28. The molecule has 0 aliphatic heterocycles. The molecule has 0 heterocycles. The predicted molar refractivity (Wildman–Crippen MR) is 49.8 cm³/mol. The van der Waals surface area contributed by atoms with Crippen molar-refractivity contribution in [1.29, 1.82) is 0 Å². The van der Waals surface area contributed by atoms with E-state index >= 15 is 0 Å². The van der Waals surface area contributed by atoms with Gasteiger partial charge in [-0.25, -0.2) is 4.39 Å². The first kappa shape index (κ1) is 10.2. The van der Waals surface area contributed by atoms with Gasteiger partial charge in [0, 0.05) is 18.2 Å². The van der Waals surface area contributed by atoms with Crippen LogP contribution in [-0.4, -0.2) is 17.8 Å². The lowest BCUT2D eigenvalue weighted by atomic mass is 10.2. The molecule has 0 saturated heterocycles. The lowest BCUT2D eigenvalue weighted by molar-refractivity contribution is 0.250. The van der Waals surface area contributed by atoms with Gasteiger partial charge in [0.25, 0.3) is 0 Å². The number of aliphatic hydroxyl groups excluding tert-OH is 1. The third-order valence-electron chi connectivity index (χ3n) is 1.87. The Balaban J connectivity index is 2.50. The number of benzene rings is 1. The first-order valence-electron chi connectivity index (χ1n) is 4.31. The molecule has 1 aromatic rings. The monoisotopic (exact) mass is 183 g/mol. The molecule has 2 N–H and O–H groups in total. The molecule has 1 aromatic carbocycles. The SMILES string of the molecule is CC(CO)NCc1ccccc1F. The Morgan fingerprint density at radius 3 is 2.77 bits per heavy atom. The number of halogens is 1. The topological polar surface area (TPSA) is 32.3 Å². The Morgan fingerprint density at radius 1 is 1.46 bits per heavy atom. The molecule has 0 spiro atoms. The van der Waals surface area contributed by atoms with Crippen LogP contribution in [0.2, 0.25) is 0 Å². The highest BCUT2D eigenvalue weighted by molar-refractivity contribution is 5.16. The van der Waals surface area contributed by atoms with E-state index in [0.717, 1.165) is 0 Å². The number of aliphatic hydroxyl groups is 1. The van der Waals surface area contributed by atoms with Crippen molar-refractivity contribution < 1.29 is 9.50 Å². The largest absolute Gasteiger partial charge is 0.395 e. The summed E-state index contributed by atoms with van der Waals surface area (Å²) in [4.78, 5) is 0. The summed E-state index contributed by atoms with van der Waals surface area (Å²) in [6.45, 7) is 2.36. The Morgan fingerprint density at radius 2 is 2.15 bits per heavy atom. The minimum Gasteiger partial charge on any atom is -0.395 e. The smallest absolute Gasteiger partial charge is 0.127 e. The van der Waals surface area contributed by atoms with Crippen LogP contribution in [0.5, 0.6) is 0 Å². The average Bonchev–Trinajstić information content (AvgIpc) is 2.16. The van der Waals surface area contributed by atoms with Gasteiger partial charge in [-0.05, 0) is 13.0 Å². The zero-order chi connectivity index (χ0) is 9.68. The molecule has 2 nitrogen and oxygen atoms in total. The van der Waals surface area contributed by atoms with Gasteiger partial charge in [0.2, 0.25) is 0 Å². The fourth-order valence-corrected chi connectivity index (χ4v) is 0.990. The lowest BCUT2D eigenvalue weighted by Gasteiger charge is -2.10. The van der Waals surface area contributed by atoms with Gasteiger partial charge < -0.3 is 10.4 Å². The van der Waals surface area contributed by atoms with Crippen molar-refractivity contribution in [3.63, 3.8) is 0 Å². The van der Waals surface area contributed by atoms with Crippen molar-refractivity contribution in [3.8, 4) is 0 Å². The summed E-state index contributed by atoms with van der Waals surface area (Å²) in [6.07, 6.45) is 0. The second kappa shape index (κ2) is 4.94. The van der Waals surface area contributed by atoms with Crippen LogP contribution in [0.3, 0.4) is 0 Å². The van der Waals surface area contributed by atoms with Crippen LogP contribution in [0, 0.1) is 5.82 Å². The summed E-state index contributed by atoms with van der Waals surface area (Å²) in [7, 11) is 0. The molecule has 13 heavy (non-hydrogen) atoms. The minimum atomic E-state index is -0.208. The molecule has 0 aromatic heterocycles. The van der Waals surface area contributed by atoms with Gasteiger partial charge in [-0.3, -0.25) is 0 Å².